The summed E-state index contributed by atoms with van der Waals surface area (Å²) in [6, 6.07) is 7.03. The average Bonchev–Trinajstić information content (AvgIpc) is 2.56. The van der Waals surface area contributed by atoms with E-state index < -0.39 is 6.04 Å². The van der Waals surface area contributed by atoms with Crippen LogP contribution in [0.3, 0.4) is 0 Å². The van der Waals surface area contributed by atoms with Gasteiger partial charge in [-0.2, -0.15) is 0 Å². The van der Waals surface area contributed by atoms with E-state index in [0.717, 1.165) is 10.5 Å². The number of likely N-dealkylation sites (tertiary alicyclic amines) is 1. The molecule has 17 heavy (non-hydrogen) atoms. The van der Waals surface area contributed by atoms with Crippen LogP contribution in [0.4, 0.5) is 5.69 Å². The van der Waals surface area contributed by atoms with Crippen LogP contribution in [0, 0.1) is 0 Å². The van der Waals surface area contributed by atoms with E-state index in [1.807, 2.05) is 24.3 Å². The van der Waals surface area contributed by atoms with E-state index in [1.54, 1.807) is 0 Å². The number of amides is 2. The molecule has 0 radical (unpaired) electrons. The summed E-state index contributed by atoms with van der Waals surface area (Å²) < 4.78 is 0. The third-order valence-corrected chi connectivity index (χ3v) is 2.98. The van der Waals surface area contributed by atoms with Crippen molar-refractivity contribution in [3.63, 3.8) is 0 Å². The van der Waals surface area contributed by atoms with Gasteiger partial charge in [0.1, 0.15) is 0 Å². The van der Waals surface area contributed by atoms with Crippen LogP contribution in [-0.4, -0.2) is 29.8 Å². The van der Waals surface area contributed by atoms with E-state index in [2.05, 4.69) is 5.32 Å². The van der Waals surface area contributed by atoms with Gasteiger partial charge < -0.3 is 11.1 Å². The second kappa shape index (κ2) is 4.55. The Bertz CT molecular complexity index is 459. The molecule has 0 bridgehead atoms. The molecule has 5 nitrogen and oxygen atoms in total. The molecule has 1 aromatic carbocycles. The first kappa shape index (κ1) is 11.6. The molecule has 1 aliphatic heterocycles. The van der Waals surface area contributed by atoms with Gasteiger partial charge >= 0.3 is 0 Å². The number of para-hydroxylation sites is 1. The van der Waals surface area contributed by atoms with Crippen molar-refractivity contribution in [1.29, 1.82) is 0 Å². The maximum Gasteiger partial charge on any atom is 0.246 e. The van der Waals surface area contributed by atoms with Gasteiger partial charge in [-0.05, 0) is 11.6 Å². The van der Waals surface area contributed by atoms with Crippen molar-refractivity contribution >= 4 is 17.5 Å². The number of nitrogen functional groups attached to an aromatic ring is 1. The third kappa shape index (κ3) is 2.29. The van der Waals surface area contributed by atoms with Crippen LogP contribution in [0.15, 0.2) is 24.3 Å². The first-order valence-electron chi connectivity index (χ1n) is 5.46. The second-order valence-corrected chi connectivity index (χ2v) is 4.13. The van der Waals surface area contributed by atoms with Crippen LogP contribution in [0.25, 0.3) is 0 Å². The van der Waals surface area contributed by atoms with Crippen LogP contribution in [-0.2, 0) is 16.1 Å². The third-order valence-electron chi connectivity index (χ3n) is 2.98. The molecule has 1 aliphatic rings. The summed E-state index contributed by atoms with van der Waals surface area (Å²) in [7, 11) is 1.50. The van der Waals surface area contributed by atoms with Gasteiger partial charge in [0.05, 0.1) is 12.5 Å². The highest BCUT2D eigenvalue weighted by atomic mass is 16.2. The van der Waals surface area contributed by atoms with Gasteiger partial charge in [-0.3, -0.25) is 14.5 Å². The molecule has 1 unspecified atom stereocenters. The predicted molar refractivity (Wildman–Crippen MR) is 63.9 cm³/mol. The SMILES string of the molecule is CN1C(=O)CC(NCc2ccccc2N)C1=O. The lowest BCUT2D eigenvalue weighted by molar-refractivity contribution is -0.137. The van der Waals surface area contributed by atoms with Crippen LogP contribution in [0.5, 0.6) is 0 Å². The molecular weight excluding hydrogens is 218 g/mol. The fraction of sp³-hybridized carbons (Fsp3) is 0.333. The largest absolute Gasteiger partial charge is 0.398 e. The Balaban J connectivity index is 1.98. The van der Waals surface area contributed by atoms with Crippen molar-refractivity contribution in [2.75, 3.05) is 12.8 Å². The minimum absolute atomic E-state index is 0.145. The Morgan fingerprint density at radius 3 is 2.71 bits per heavy atom. The van der Waals surface area contributed by atoms with Gasteiger partial charge in [0, 0.05) is 19.3 Å². The number of carbonyl (C=O) groups excluding carboxylic acids is 2. The number of imide groups is 1. The average molecular weight is 233 g/mol. The highest BCUT2D eigenvalue weighted by Gasteiger charge is 2.35. The van der Waals surface area contributed by atoms with E-state index in [1.165, 1.54) is 7.05 Å². The molecule has 1 aromatic rings. The molecule has 1 heterocycles. The van der Waals surface area contributed by atoms with Crippen LogP contribution in [0.1, 0.15) is 12.0 Å². The lowest BCUT2D eigenvalue weighted by Crippen LogP contribution is -2.36. The van der Waals surface area contributed by atoms with Crippen LogP contribution in [0.2, 0.25) is 0 Å². The zero-order valence-electron chi connectivity index (χ0n) is 9.64. The molecule has 90 valence electrons. The Hall–Kier alpha value is -1.88. The van der Waals surface area contributed by atoms with E-state index in [0.29, 0.717) is 12.2 Å². The summed E-state index contributed by atoms with van der Waals surface area (Å²) in [5.74, 6) is -0.321. The second-order valence-electron chi connectivity index (χ2n) is 4.13. The predicted octanol–water partition coefficient (Wildman–Crippen LogP) is 0.116. The molecule has 2 rings (SSSR count). The van der Waals surface area contributed by atoms with Crippen molar-refractivity contribution < 1.29 is 9.59 Å². The normalized spacial score (nSPS) is 20.1. The standard InChI is InChI=1S/C12H15N3O2/c1-15-11(16)6-10(12(15)17)14-7-8-4-2-3-5-9(8)13/h2-5,10,14H,6-7,13H2,1H3. The Morgan fingerprint density at radius 2 is 2.12 bits per heavy atom. The number of hydrogen-bond acceptors (Lipinski definition) is 4. The summed E-state index contributed by atoms with van der Waals surface area (Å²) in [4.78, 5) is 24.1. The van der Waals surface area contributed by atoms with E-state index >= 15 is 0 Å². The zero-order valence-corrected chi connectivity index (χ0v) is 9.64. The fourth-order valence-electron chi connectivity index (χ4n) is 1.84. The van der Waals surface area contributed by atoms with Crippen LogP contribution >= 0.6 is 0 Å². The van der Waals surface area contributed by atoms with Crippen molar-refractivity contribution in [3.8, 4) is 0 Å². The maximum atomic E-state index is 11.6. The summed E-state index contributed by atoms with van der Waals surface area (Å²) in [5.41, 5.74) is 7.41. The molecule has 5 heteroatoms. The van der Waals surface area contributed by atoms with Crippen molar-refractivity contribution in [3.05, 3.63) is 29.8 Å². The minimum atomic E-state index is -0.424. The molecule has 2 amide bonds. The fourth-order valence-corrected chi connectivity index (χ4v) is 1.84. The molecule has 1 saturated heterocycles. The molecule has 3 N–H and O–H groups in total. The molecule has 1 fully saturated rings. The lowest BCUT2D eigenvalue weighted by atomic mass is 10.1. The van der Waals surface area contributed by atoms with Crippen LogP contribution < -0.4 is 11.1 Å². The highest BCUT2D eigenvalue weighted by Crippen LogP contribution is 2.14. The molecule has 1 atom stereocenters. The number of benzene rings is 1. The van der Waals surface area contributed by atoms with Crippen molar-refractivity contribution in [2.24, 2.45) is 0 Å². The summed E-state index contributed by atoms with van der Waals surface area (Å²) in [5, 5.41) is 3.06. The van der Waals surface area contributed by atoms with Gasteiger partial charge in [0.15, 0.2) is 0 Å². The Labute approximate surface area is 99.6 Å². The van der Waals surface area contributed by atoms with Gasteiger partial charge in [0.2, 0.25) is 11.8 Å². The molecule has 0 saturated carbocycles. The number of rotatable bonds is 3. The van der Waals surface area contributed by atoms with E-state index in [4.69, 9.17) is 5.73 Å². The number of nitrogens with zero attached hydrogens (tertiary/aromatic N) is 1. The Morgan fingerprint density at radius 1 is 1.41 bits per heavy atom. The van der Waals surface area contributed by atoms with E-state index in [-0.39, 0.29) is 18.2 Å². The molecule has 0 spiro atoms. The smallest absolute Gasteiger partial charge is 0.246 e. The first-order valence-corrected chi connectivity index (χ1v) is 5.46. The van der Waals surface area contributed by atoms with Gasteiger partial charge in [0.25, 0.3) is 0 Å². The van der Waals surface area contributed by atoms with Crippen molar-refractivity contribution in [2.45, 2.75) is 19.0 Å². The highest BCUT2D eigenvalue weighted by molar-refractivity contribution is 6.05. The quantitative estimate of drug-likeness (QED) is 0.574. The summed E-state index contributed by atoms with van der Waals surface area (Å²) >= 11 is 0. The molecule has 0 aromatic heterocycles. The number of nitrogens with two attached hydrogens (primary N) is 1. The number of likely N-dealkylation sites (N-methyl/N-ethyl adjacent to an activating group) is 1. The summed E-state index contributed by atoms with van der Waals surface area (Å²) in [6.07, 6.45) is 0.224. The molecule has 0 aliphatic carbocycles. The van der Waals surface area contributed by atoms with E-state index in [9.17, 15) is 9.59 Å². The minimum Gasteiger partial charge on any atom is -0.398 e. The zero-order chi connectivity index (χ0) is 12.4. The van der Waals surface area contributed by atoms with Gasteiger partial charge in [-0.15, -0.1) is 0 Å². The Kier molecular flexibility index (Phi) is 3.10. The number of anilines is 1. The number of carbonyl (C=O) groups is 2. The number of hydrogen-bond donors (Lipinski definition) is 2. The maximum absolute atomic E-state index is 11.6. The number of nitrogens with one attached hydrogen (secondary N) is 1. The lowest BCUT2D eigenvalue weighted by Gasteiger charge is -2.12. The first-order chi connectivity index (χ1) is 8.09. The summed E-state index contributed by atoms with van der Waals surface area (Å²) in [6.45, 7) is 0.490. The topological polar surface area (TPSA) is 75.4 Å². The van der Waals surface area contributed by atoms with Gasteiger partial charge in [-0.1, -0.05) is 18.2 Å². The monoisotopic (exact) mass is 233 g/mol. The van der Waals surface area contributed by atoms with Gasteiger partial charge in [-0.25, -0.2) is 0 Å². The van der Waals surface area contributed by atoms with Crippen molar-refractivity contribution in [1.82, 2.24) is 10.2 Å². The molecular formula is C12H15N3O2.